The summed E-state index contributed by atoms with van der Waals surface area (Å²) in [6, 6.07) is 7.36. The van der Waals surface area contributed by atoms with Gasteiger partial charge in [0.2, 0.25) is 5.88 Å². The molecule has 23 heavy (non-hydrogen) atoms. The van der Waals surface area contributed by atoms with Crippen LogP contribution in [0.15, 0.2) is 38.8 Å². The first-order chi connectivity index (χ1) is 10.9. The average molecular weight is 354 g/mol. The molecule has 0 saturated carbocycles. The Hall–Kier alpha value is -1.99. The highest BCUT2D eigenvalue weighted by Gasteiger charge is 2.20. The molecule has 0 aliphatic carbocycles. The smallest absolute Gasteiger partial charge is 0.333 e. The van der Waals surface area contributed by atoms with Crippen molar-refractivity contribution >= 4 is 28.4 Å². The van der Waals surface area contributed by atoms with Crippen molar-refractivity contribution in [1.29, 1.82) is 0 Å². The lowest BCUT2D eigenvalue weighted by molar-refractivity contribution is 0.410. The largest absolute Gasteiger partial charge is 0.494 e. The summed E-state index contributed by atoms with van der Waals surface area (Å²) in [5.41, 5.74) is -0.281. The van der Waals surface area contributed by atoms with E-state index in [1.54, 1.807) is 6.07 Å². The molecule has 0 unspecified atom stereocenters. The Labute approximate surface area is 142 Å². The predicted molar refractivity (Wildman–Crippen MR) is 93.8 cm³/mol. The fourth-order valence-corrected chi connectivity index (χ4v) is 3.31. The summed E-state index contributed by atoms with van der Waals surface area (Å²) in [6.07, 6.45) is 0. The number of hydrogen-bond acceptors (Lipinski definition) is 5. The minimum Gasteiger partial charge on any atom is -0.494 e. The van der Waals surface area contributed by atoms with Crippen LogP contribution in [-0.4, -0.2) is 26.3 Å². The zero-order chi connectivity index (χ0) is 17.1. The van der Waals surface area contributed by atoms with E-state index in [1.807, 2.05) is 18.2 Å². The second-order valence-electron chi connectivity index (χ2n) is 4.81. The number of aliphatic imine (C=N–C) groups is 1. The Morgan fingerprint density at radius 2 is 1.91 bits per heavy atom. The summed E-state index contributed by atoms with van der Waals surface area (Å²) in [5.74, 6) is 0.0861. The van der Waals surface area contributed by atoms with Gasteiger partial charge in [0.25, 0.3) is 5.56 Å². The van der Waals surface area contributed by atoms with Gasteiger partial charge in [-0.2, -0.15) is 0 Å². The first-order valence-corrected chi connectivity index (χ1v) is 8.07. The van der Waals surface area contributed by atoms with Gasteiger partial charge in [-0.15, -0.1) is 11.8 Å². The third kappa shape index (κ3) is 3.35. The van der Waals surface area contributed by atoms with E-state index in [0.29, 0.717) is 15.8 Å². The quantitative estimate of drug-likeness (QED) is 0.673. The number of halogens is 1. The number of hydrogen-bond donors (Lipinski definition) is 1. The lowest BCUT2D eigenvalue weighted by Crippen LogP contribution is -2.39. The van der Waals surface area contributed by atoms with E-state index in [2.05, 4.69) is 4.99 Å². The van der Waals surface area contributed by atoms with E-state index in [4.69, 9.17) is 11.6 Å². The molecule has 0 radical (unpaired) electrons. The highest BCUT2D eigenvalue weighted by atomic mass is 35.5. The van der Waals surface area contributed by atoms with Crippen LogP contribution in [0.2, 0.25) is 5.02 Å². The minimum atomic E-state index is -0.595. The summed E-state index contributed by atoms with van der Waals surface area (Å²) >= 11 is 7.39. The number of aromatic hydroxyl groups is 1. The number of benzene rings is 1. The molecule has 0 aliphatic rings. The third-order valence-electron chi connectivity index (χ3n) is 3.37. The highest BCUT2D eigenvalue weighted by molar-refractivity contribution is 8.13. The average Bonchev–Trinajstić information content (AvgIpc) is 2.55. The Kier molecular flexibility index (Phi) is 5.33. The summed E-state index contributed by atoms with van der Waals surface area (Å²) in [6.45, 7) is 0. The van der Waals surface area contributed by atoms with Crippen LogP contribution in [0.3, 0.4) is 0 Å². The van der Waals surface area contributed by atoms with E-state index >= 15 is 0 Å². The third-order valence-corrected chi connectivity index (χ3v) is 4.86. The molecular formula is C15H16ClN3O3S. The molecule has 0 saturated heterocycles. The second-order valence-corrected chi connectivity index (χ2v) is 6.18. The van der Waals surface area contributed by atoms with Gasteiger partial charge in [-0.25, -0.2) is 4.79 Å². The predicted octanol–water partition coefficient (Wildman–Crippen LogP) is 1.75. The molecule has 1 aromatic carbocycles. The van der Waals surface area contributed by atoms with Gasteiger partial charge in [0.1, 0.15) is 10.6 Å². The number of aromatic nitrogens is 2. The maximum atomic E-state index is 12.3. The lowest BCUT2D eigenvalue weighted by Gasteiger charge is -2.12. The Bertz CT molecular complexity index is 887. The van der Waals surface area contributed by atoms with Crippen LogP contribution in [0.25, 0.3) is 0 Å². The second kappa shape index (κ2) is 7.06. The lowest BCUT2D eigenvalue weighted by atomic mass is 10.2. The topological polar surface area (TPSA) is 76.6 Å². The molecule has 0 atom stereocenters. The first-order valence-electron chi connectivity index (χ1n) is 6.70. The van der Waals surface area contributed by atoms with Crippen LogP contribution in [0.5, 0.6) is 5.88 Å². The fourth-order valence-electron chi connectivity index (χ4n) is 2.03. The molecule has 0 bridgehead atoms. The summed E-state index contributed by atoms with van der Waals surface area (Å²) in [5, 5.41) is 11.1. The van der Waals surface area contributed by atoms with Crippen molar-refractivity contribution in [3.63, 3.8) is 0 Å². The van der Waals surface area contributed by atoms with E-state index in [9.17, 15) is 14.7 Å². The Morgan fingerprint density at radius 1 is 1.26 bits per heavy atom. The molecule has 0 amide bonds. The van der Waals surface area contributed by atoms with E-state index in [-0.39, 0.29) is 5.56 Å². The maximum absolute atomic E-state index is 12.3. The monoisotopic (exact) mass is 353 g/mol. The van der Waals surface area contributed by atoms with Crippen LogP contribution >= 0.6 is 23.4 Å². The molecule has 1 aromatic heterocycles. The summed E-state index contributed by atoms with van der Waals surface area (Å²) in [4.78, 5) is 28.2. The van der Waals surface area contributed by atoms with Gasteiger partial charge in [-0.1, -0.05) is 29.8 Å². The van der Waals surface area contributed by atoms with Crippen molar-refractivity contribution < 1.29 is 5.11 Å². The van der Waals surface area contributed by atoms with Gasteiger partial charge in [-0.3, -0.25) is 18.9 Å². The molecule has 0 spiro atoms. The normalized spacial score (nSPS) is 11.7. The number of nitrogens with zero attached hydrogens (tertiary/aromatic N) is 3. The first kappa shape index (κ1) is 17.4. The fraction of sp³-hybridized carbons (Fsp3) is 0.267. The minimum absolute atomic E-state index is 0.00848. The van der Waals surface area contributed by atoms with Crippen LogP contribution in [-0.2, 0) is 19.8 Å². The maximum Gasteiger partial charge on any atom is 0.333 e. The molecule has 2 rings (SSSR count). The molecule has 2 aromatic rings. The van der Waals surface area contributed by atoms with Gasteiger partial charge in [0.05, 0.1) is 0 Å². The van der Waals surface area contributed by atoms with E-state index in [1.165, 1.54) is 32.9 Å². The number of rotatable bonds is 3. The summed E-state index contributed by atoms with van der Waals surface area (Å²) in [7, 11) is 4.28. The van der Waals surface area contributed by atoms with Gasteiger partial charge < -0.3 is 5.11 Å². The molecular weight excluding hydrogens is 338 g/mol. The van der Waals surface area contributed by atoms with E-state index < -0.39 is 17.1 Å². The zero-order valence-corrected chi connectivity index (χ0v) is 14.5. The van der Waals surface area contributed by atoms with Gasteiger partial charge in [0, 0.05) is 31.9 Å². The van der Waals surface area contributed by atoms with Gasteiger partial charge in [-0.05, 0) is 11.6 Å². The molecule has 1 N–H and O–H groups in total. The van der Waals surface area contributed by atoms with Crippen LogP contribution < -0.4 is 11.2 Å². The van der Waals surface area contributed by atoms with Crippen LogP contribution in [0, 0.1) is 0 Å². The molecule has 0 fully saturated rings. The Morgan fingerprint density at radius 3 is 2.52 bits per heavy atom. The van der Waals surface area contributed by atoms with Crippen molar-refractivity contribution in [2.24, 2.45) is 19.1 Å². The molecule has 8 heteroatoms. The highest BCUT2D eigenvalue weighted by Crippen LogP contribution is 2.25. The van der Waals surface area contributed by atoms with Crippen molar-refractivity contribution in [1.82, 2.24) is 9.13 Å². The van der Waals surface area contributed by atoms with Crippen LogP contribution in [0.4, 0.5) is 0 Å². The SMILES string of the molecule is CN=C(SCc1ccccc1Cl)c1c(O)n(C)c(=O)n(C)c1=O. The molecule has 0 aliphatic heterocycles. The molecule has 1 heterocycles. The van der Waals surface area contributed by atoms with Gasteiger partial charge in [0.15, 0.2) is 0 Å². The van der Waals surface area contributed by atoms with Crippen LogP contribution in [0.1, 0.15) is 11.1 Å². The van der Waals surface area contributed by atoms with Crippen molar-refractivity contribution in [2.75, 3.05) is 7.05 Å². The Balaban J connectivity index is 2.42. The molecule has 6 nitrogen and oxygen atoms in total. The van der Waals surface area contributed by atoms with Crippen molar-refractivity contribution in [3.8, 4) is 5.88 Å². The zero-order valence-electron chi connectivity index (χ0n) is 12.9. The molecule has 122 valence electrons. The van der Waals surface area contributed by atoms with Crippen molar-refractivity contribution in [3.05, 3.63) is 61.3 Å². The van der Waals surface area contributed by atoms with E-state index in [0.717, 1.165) is 14.7 Å². The van der Waals surface area contributed by atoms with Gasteiger partial charge >= 0.3 is 5.69 Å². The standard InChI is InChI=1S/C15H16ClN3O3S/c1-17-12(23-8-9-6-4-5-7-10(9)16)11-13(20)18(2)15(22)19(3)14(11)21/h4-7,20H,8H2,1-3H3. The summed E-state index contributed by atoms with van der Waals surface area (Å²) < 4.78 is 1.95. The number of thioether (sulfide) groups is 1. The van der Waals surface area contributed by atoms with Crippen molar-refractivity contribution in [2.45, 2.75) is 5.75 Å².